The lowest BCUT2D eigenvalue weighted by Crippen LogP contribution is -1.99. The van der Waals surface area contributed by atoms with E-state index in [1.807, 2.05) is 24.0 Å². The molecule has 0 atom stereocenters. The van der Waals surface area contributed by atoms with Crippen LogP contribution in [0.5, 0.6) is 0 Å². The van der Waals surface area contributed by atoms with E-state index in [0.717, 1.165) is 17.8 Å². The first-order chi connectivity index (χ1) is 8.60. The predicted molar refractivity (Wildman–Crippen MR) is 76.7 cm³/mol. The summed E-state index contributed by atoms with van der Waals surface area (Å²) in [7, 11) is 0. The van der Waals surface area contributed by atoms with Crippen molar-refractivity contribution in [3.63, 3.8) is 0 Å². The van der Waals surface area contributed by atoms with Gasteiger partial charge in [0.15, 0.2) is 0 Å². The fourth-order valence-corrected chi connectivity index (χ4v) is 2.14. The number of nitrogens with zero attached hydrogens (tertiary/aromatic N) is 2. The SMILES string of the molecule is CCn1cc(CNc2cc(Cl)c(Cl)cc2Cl)cn1. The second-order valence-electron chi connectivity index (χ2n) is 3.80. The molecule has 1 N–H and O–H groups in total. The van der Waals surface area contributed by atoms with Crippen LogP contribution in [0.3, 0.4) is 0 Å². The molecule has 18 heavy (non-hydrogen) atoms. The zero-order valence-electron chi connectivity index (χ0n) is 9.75. The summed E-state index contributed by atoms with van der Waals surface area (Å²) >= 11 is 17.9. The van der Waals surface area contributed by atoms with Gasteiger partial charge in [-0.3, -0.25) is 4.68 Å². The van der Waals surface area contributed by atoms with Crippen molar-refractivity contribution in [2.75, 3.05) is 5.32 Å². The Morgan fingerprint density at radius 3 is 2.56 bits per heavy atom. The third-order valence-electron chi connectivity index (χ3n) is 2.50. The van der Waals surface area contributed by atoms with Gasteiger partial charge in [0.25, 0.3) is 0 Å². The third-order valence-corrected chi connectivity index (χ3v) is 3.54. The van der Waals surface area contributed by atoms with Crippen molar-refractivity contribution < 1.29 is 0 Å². The Labute approximate surface area is 121 Å². The van der Waals surface area contributed by atoms with E-state index in [4.69, 9.17) is 34.8 Å². The van der Waals surface area contributed by atoms with Gasteiger partial charge in [0, 0.05) is 24.8 Å². The molecule has 0 saturated carbocycles. The molecule has 0 radical (unpaired) electrons. The van der Waals surface area contributed by atoms with Crippen molar-refractivity contribution in [2.24, 2.45) is 0 Å². The van der Waals surface area contributed by atoms with Gasteiger partial charge in [-0.05, 0) is 19.1 Å². The highest BCUT2D eigenvalue weighted by atomic mass is 35.5. The van der Waals surface area contributed by atoms with Gasteiger partial charge >= 0.3 is 0 Å². The van der Waals surface area contributed by atoms with Gasteiger partial charge in [-0.25, -0.2) is 0 Å². The molecule has 1 aromatic carbocycles. The highest BCUT2D eigenvalue weighted by Crippen LogP contribution is 2.32. The fourth-order valence-electron chi connectivity index (χ4n) is 1.53. The van der Waals surface area contributed by atoms with Gasteiger partial charge < -0.3 is 5.32 Å². The Balaban J connectivity index is 2.08. The smallest absolute Gasteiger partial charge is 0.0653 e. The van der Waals surface area contributed by atoms with Crippen molar-refractivity contribution >= 4 is 40.5 Å². The molecule has 0 saturated heterocycles. The van der Waals surface area contributed by atoms with Crippen LogP contribution in [0.4, 0.5) is 5.69 Å². The van der Waals surface area contributed by atoms with Crippen LogP contribution < -0.4 is 5.32 Å². The third kappa shape index (κ3) is 3.10. The first-order valence-corrected chi connectivity index (χ1v) is 6.63. The minimum Gasteiger partial charge on any atom is -0.380 e. The molecule has 3 nitrogen and oxygen atoms in total. The van der Waals surface area contributed by atoms with Crippen LogP contribution >= 0.6 is 34.8 Å². The molecule has 0 aliphatic carbocycles. The topological polar surface area (TPSA) is 29.9 Å². The van der Waals surface area contributed by atoms with Crippen molar-refractivity contribution in [3.8, 4) is 0 Å². The first-order valence-electron chi connectivity index (χ1n) is 5.50. The van der Waals surface area contributed by atoms with Crippen LogP contribution in [0.2, 0.25) is 15.1 Å². The van der Waals surface area contributed by atoms with Crippen LogP contribution in [0.15, 0.2) is 24.5 Å². The van der Waals surface area contributed by atoms with Crippen LogP contribution in [0, 0.1) is 0 Å². The maximum atomic E-state index is 6.07. The number of aromatic nitrogens is 2. The van der Waals surface area contributed by atoms with Crippen LogP contribution in [0.25, 0.3) is 0 Å². The molecule has 6 heteroatoms. The van der Waals surface area contributed by atoms with E-state index >= 15 is 0 Å². The molecule has 2 rings (SSSR count). The van der Waals surface area contributed by atoms with E-state index in [2.05, 4.69) is 10.4 Å². The zero-order valence-corrected chi connectivity index (χ0v) is 12.0. The van der Waals surface area contributed by atoms with Crippen molar-refractivity contribution in [1.29, 1.82) is 0 Å². The molecule has 0 amide bonds. The summed E-state index contributed by atoms with van der Waals surface area (Å²) in [6.45, 7) is 3.53. The number of hydrogen-bond acceptors (Lipinski definition) is 2. The van der Waals surface area contributed by atoms with Crippen LogP contribution in [-0.2, 0) is 13.1 Å². The molecular formula is C12H12Cl3N3. The predicted octanol–water partition coefficient (Wildman–Crippen LogP) is 4.48. The number of rotatable bonds is 4. The Kier molecular flexibility index (Phi) is 4.38. The van der Waals surface area contributed by atoms with Gasteiger partial charge in [0.05, 0.1) is 27.0 Å². The molecule has 0 bridgehead atoms. The Bertz CT molecular complexity index is 551. The van der Waals surface area contributed by atoms with Gasteiger partial charge in [0.1, 0.15) is 0 Å². The monoisotopic (exact) mass is 303 g/mol. The summed E-state index contributed by atoms with van der Waals surface area (Å²) in [5.74, 6) is 0. The molecule has 96 valence electrons. The van der Waals surface area contributed by atoms with E-state index in [-0.39, 0.29) is 0 Å². The summed E-state index contributed by atoms with van der Waals surface area (Å²) in [5, 5.41) is 8.88. The molecule has 0 unspecified atom stereocenters. The first kappa shape index (κ1) is 13.5. The molecule has 0 spiro atoms. The van der Waals surface area contributed by atoms with Gasteiger partial charge in [-0.2, -0.15) is 5.10 Å². The normalized spacial score (nSPS) is 10.7. The van der Waals surface area contributed by atoms with Gasteiger partial charge in [-0.1, -0.05) is 34.8 Å². The Hall–Kier alpha value is -0.900. The zero-order chi connectivity index (χ0) is 13.1. The van der Waals surface area contributed by atoms with E-state index in [9.17, 15) is 0 Å². The second-order valence-corrected chi connectivity index (χ2v) is 5.03. The highest BCUT2D eigenvalue weighted by molar-refractivity contribution is 6.44. The lowest BCUT2D eigenvalue weighted by atomic mass is 10.3. The molecule has 0 aliphatic rings. The lowest BCUT2D eigenvalue weighted by Gasteiger charge is -2.08. The van der Waals surface area contributed by atoms with E-state index in [1.165, 1.54) is 0 Å². The number of aryl methyl sites for hydroxylation is 1. The second kappa shape index (κ2) is 5.83. The summed E-state index contributed by atoms with van der Waals surface area (Å²) in [5.41, 5.74) is 1.84. The minimum absolute atomic E-state index is 0.450. The largest absolute Gasteiger partial charge is 0.380 e. The summed E-state index contributed by atoms with van der Waals surface area (Å²) in [6, 6.07) is 3.35. The molecule has 0 fully saturated rings. The van der Waals surface area contributed by atoms with Crippen molar-refractivity contribution in [2.45, 2.75) is 20.0 Å². The molecule has 2 aromatic rings. The van der Waals surface area contributed by atoms with Gasteiger partial charge in [0.2, 0.25) is 0 Å². The maximum absolute atomic E-state index is 6.07. The van der Waals surface area contributed by atoms with E-state index in [0.29, 0.717) is 21.6 Å². The average Bonchev–Trinajstić information content (AvgIpc) is 2.80. The number of anilines is 1. The van der Waals surface area contributed by atoms with Crippen molar-refractivity contribution in [3.05, 3.63) is 45.2 Å². The molecular weight excluding hydrogens is 293 g/mol. The Morgan fingerprint density at radius 2 is 1.89 bits per heavy atom. The summed E-state index contributed by atoms with van der Waals surface area (Å²) < 4.78 is 1.87. The number of nitrogens with one attached hydrogen (secondary N) is 1. The van der Waals surface area contributed by atoms with Crippen LogP contribution in [0.1, 0.15) is 12.5 Å². The van der Waals surface area contributed by atoms with E-state index in [1.54, 1.807) is 12.1 Å². The van der Waals surface area contributed by atoms with Crippen LogP contribution in [-0.4, -0.2) is 9.78 Å². The lowest BCUT2D eigenvalue weighted by molar-refractivity contribution is 0.659. The van der Waals surface area contributed by atoms with Gasteiger partial charge in [-0.15, -0.1) is 0 Å². The standard InChI is InChI=1S/C12H12Cl3N3/c1-2-18-7-8(6-17-18)5-16-12-4-10(14)9(13)3-11(12)15/h3-4,6-7,16H,2,5H2,1H3. The number of benzene rings is 1. The molecule has 1 heterocycles. The van der Waals surface area contributed by atoms with E-state index < -0.39 is 0 Å². The number of halogens is 3. The molecule has 1 aromatic heterocycles. The quantitative estimate of drug-likeness (QED) is 0.844. The highest BCUT2D eigenvalue weighted by Gasteiger charge is 2.06. The Morgan fingerprint density at radius 1 is 1.17 bits per heavy atom. The van der Waals surface area contributed by atoms with Crippen molar-refractivity contribution in [1.82, 2.24) is 9.78 Å². The fraction of sp³-hybridized carbons (Fsp3) is 0.250. The minimum atomic E-state index is 0.450. The maximum Gasteiger partial charge on any atom is 0.0653 e. The summed E-state index contributed by atoms with van der Waals surface area (Å²) in [6.07, 6.45) is 3.81. The average molecular weight is 305 g/mol. The molecule has 0 aliphatic heterocycles. The summed E-state index contributed by atoms with van der Waals surface area (Å²) in [4.78, 5) is 0. The number of hydrogen-bond donors (Lipinski definition) is 1.